The van der Waals surface area contributed by atoms with Crippen LogP contribution in [0.4, 0.5) is 20.3 Å². The number of nitrogens with one attached hydrogen (secondary N) is 1. The lowest BCUT2D eigenvalue weighted by Crippen LogP contribution is -1.99. The lowest BCUT2D eigenvalue weighted by Gasteiger charge is -2.10. The number of anilines is 2. The number of halogens is 4. The van der Waals surface area contributed by atoms with Crippen LogP contribution in [-0.4, -0.2) is 15.0 Å². The summed E-state index contributed by atoms with van der Waals surface area (Å²) in [4.78, 5) is 11.4. The molecule has 106 valence electrons. The molecule has 0 spiro atoms. The highest BCUT2D eigenvalue weighted by atomic mass is 35.5. The van der Waals surface area contributed by atoms with Crippen molar-refractivity contribution < 1.29 is 8.78 Å². The van der Waals surface area contributed by atoms with Crippen LogP contribution in [0.2, 0.25) is 10.0 Å². The van der Waals surface area contributed by atoms with E-state index >= 15 is 0 Å². The van der Waals surface area contributed by atoms with Gasteiger partial charge in [-0.3, -0.25) is 0 Å². The Kier molecular flexibility index (Phi) is 3.57. The van der Waals surface area contributed by atoms with Crippen molar-refractivity contribution >= 4 is 45.6 Å². The third kappa shape index (κ3) is 2.59. The van der Waals surface area contributed by atoms with Gasteiger partial charge < -0.3 is 5.32 Å². The number of benzene rings is 1. The van der Waals surface area contributed by atoms with Crippen LogP contribution in [0.15, 0.2) is 30.7 Å². The first-order chi connectivity index (χ1) is 10.1. The molecule has 3 aromatic rings. The van der Waals surface area contributed by atoms with Gasteiger partial charge in [0.05, 0.1) is 27.4 Å². The monoisotopic (exact) mass is 326 g/mol. The topological polar surface area (TPSA) is 50.7 Å². The molecule has 1 N–H and O–H groups in total. The summed E-state index contributed by atoms with van der Waals surface area (Å²) in [6, 6.07) is 4.02. The maximum Gasteiger partial charge on any atom is 0.213 e. The van der Waals surface area contributed by atoms with Crippen molar-refractivity contribution in [3.8, 4) is 0 Å². The minimum Gasteiger partial charge on any atom is -0.337 e. The molecule has 0 unspecified atom stereocenters. The minimum atomic E-state index is -0.717. The number of hydrogen-bond donors (Lipinski definition) is 1. The van der Waals surface area contributed by atoms with Crippen molar-refractivity contribution in [1.29, 1.82) is 0 Å². The average molecular weight is 327 g/mol. The highest BCUT2D eigenvalue weighted by Crippen LogP contribution is 2.32. The van der Waals surface area contributed by atoms with E-state index in [1.54, 1.807) is 0 Å². The molecule has 0 fully saturated rings. The summed E-state index contributed by atoms with van der Waals surface area (Å²) in [5.41, 5.74) is 0.496. The standard InChI is InChI=1S/C13H6Cl2F2N4/c14-7-1-2-8(12(17)11(7)15)21-13-6-3-10(16)18-4-9(6)19-5-20-13/h1-5H,(H,19,20,21). The second kappa shape index (κ2) is 5.38. The zero-order valence-corrected chi connectivity index (χ0v) is 11.8. The number of aromatic nitrogens is 3. The second-order valence-corrected chi connectivity index (χ2v) is 4.88. The van der Waals surface area contributed by atoms with Gasteiger partial charge >= 0.3 is 0 Å². The van der Waals surface area contributed by atoms with E-state index in [0.717, 1.165) is 6.07 Å². The van der Waals surface area contributed by atoms with Crippen LogP contribution in [0.25, 0.3) is 10.9 Å². The smallest absolute Gasteiger partial charge is 0.213 e. The third-order valence-electron chi connectivity index (χ3n) is 2.78. The van der Waals surface area contributed by atoms with E-state index in [1.165, 1.54) is 24.7 Å². The molecular weight excluding hydrogens is 321 g/mol. The predicted octanol–water partition coefficient (Wildman–Crippen LogP) is 4.35. The molecule has 0 aliphatic rings. The van der Waals surface area contributed by atoms with Crippen LogP contribution in [0.5, 0.6) is 0 Å². The number of nitrogens with zero attached hydrogens (tertiary/aromatic N) is 3. The third-order valence-corrected chi connectivity index (χ3v) is 3.56. The number of hydrogen-bond acceptors (Lipinski definition) is 4. The van der Waals surface area contributed by atoms with E-state index in [0.29, 0.717) is 10.9 Å². The van der Waals surface area contributed by atoms with E-state index in [1.807, 2.05) is 0 Å². The first-order valence-corrected chi connectivity index (χ1v) is 6.48. The van der Waals surface area contributed by atoms with Crippen molar-refractivity contribution in [2.24, 2.45) is 0 Å². The molecule has 0 atom stereocenters. The minimum absolute atomic E-state index is 0.0709. The number of rotatable bonds is 2. The maximum absolute atomic E-state index is 14.0. The largest absolute Gasteiger partial charge is 0.337 e. The van der Waals surface area contributed by atoms with Gasteiger partial charge in [0.1, 0.15) is 12.1 Å². The summed E-state index contributed by atoms with van der Waals surface area (Å²) in [5, 5.41) is 3.02. The molecule has 21 heavy (non-hydrogen) atoms. The van der Waals surface area contributed by atoms with Gasteiger partial charge in [0.2, 0.25) is 5.95 Å². The molecule has 8 heteroatoms. The van der Waals surface area contributed by atoms with Crippen molar-refractivity contribution in [3.05, 3.63) is 52.5 Å². The Bertz CT molecular complexity index is 842. The van der Waals surface area contributed by atoms with E-state index in [9.17, 15) is 8.78 Å². The molecule has 2 aromatic heterocycles. The van der Waals surface area contributed by atoms with Gasteiger partial charge in [-0.05, 0) is 12.1 Å². The molecular formula is C13H6Cl2F2N4. The van der Waals surface area contributed by atoms with E-state index in [2.05, 4.69) is 20.3 Å². The highest BCUT2D eigenvalue weighted by Gasteiger charge is 2.13. The van der Waals surface area contributed by atoms with E-state index in [-0.39, 0.29) is 21.6 Å². The Morgan fingerprint density at radius 3 is 2.67 bits per heavy atom. The van der Waals surface area contributed by atoms with Gasteiger partial charge in [-0.15, -0.1) is 0 Å². The summed E-state index contributed by atoms with van der Waals surface area (Å²) in [6.07, 6.45) is 2.53. The molecule has 0 amide bonds. The van der Waals surface area contributed by atoms with Crippen LogP contribution < -0.4 is 5.32 Å². The molecule has 0 radical (unpaired) electrons. The van der Waals surface area contributed by atoms with Crippen molar-refractivity contribution in [3.63, 3.8) is 0 Å². The fourth-order valence-corrected chi connectivity index (χ4v) is 2.09. The first kappa shape index (κ1) is 13.9. The highest BCUT2D eigenvalue weighted by molar-refractivity contribution is 6.42. The molecule has 0 bridgehead atoms. The first-order valence-electron chi connectivity index (χ1n) is 5.73. The summed E-state index contributed by atoms with van der Waals surface area (Å²) in [6.45, 7) is 0. The van der Waals surface area contributed by atoms with Crippen LogP contribution in [-0.2, 0) is 0 Å². The summed E-state index contributed by atoms with van der Waals surface area (Å²) in [5.74, 6) is -1.17. The lowest BCUT2D eigenvalue weighted by molar-refractivity contribution is 0.586. The Labute approximate surface area is 127 Å². The quantitative estimate of drug-likeness (QED) is 0.561. The van der Waals surface area contributed by atoms with Crippen LogP contribution in [0.3, 0.4) is 0 Å². The van der Waals surface area contributed by atoms with E-state index < -0.39 is 11.8 Å². The van der Waals surface area contributed by atoms with Gasteiger partial charge in [-0.25, -0.2) is 19.3 Å². The Hall–Kier alpha value is -2.05. The molecule has 2 heterocycles. The van der Waals surface area contributed by atoms with Gasteiger partial charge in [0, 0.05) is 11.5 Å². The SMILES string of the molecule is Fc1cc2c(Nc3ccc(Cl)c(Cl)c3F)ncnc2cn1. The Balaban J connectivity index is 2.10. The summed E-state index contributed by atoms with van der Waals surface area (Å²) in [7, 11) is 0. The zero-order chi connectivity index (χ0) is 15.0. The summed E-state index contributed by atoms with van der Waals surface area (Å²) >= 11 is 11.5. The van der Waals surface area contributed by atoms with Gasteiger partial charge in [-0.2, -0.15) is 4.39 Å². The zero-order valence-electron chi connectivity index (χ0n) is 10.2. The average Bonchev–Trinajstić information content (AvgIpc) is 2.48. The van der Waals surface area contributed by atoms with Gasteiger partial charge in [0.15, 0.2) is 5.82 Å². The molecule has 0 saturated carbocycles. The molecule has 0 saturated heterocycles. The van der Waals surface area contributed by atoms with Crippen molar-refractivity contribution in [2.75, 3.05) is 5.32 Å². The Morgan fingerprint density at radius 2 is 1.86 bits per heavy atom. The lowest BCUT2D eigenvalue weighted by atomic mass is 10.2. The molecule has 1 aromatic carbocycles. The number of fused-ring (bicyclic) bond motifs is 1. The normalized spacial score (nSPS) is 10.9. The molecule has 0 aliphatic heterocycles. The van der Waals surface area contributed by atoms with Crippen LogP contribution in [0.1, 0.15) is 0 Å². The molecule has 3 rings (SSSR count). The van der Waals surface area contributed by atoms with E-state index in [4.69, 9.17) is 23.2 Å². The number of pyridine rings is 1. The fourth-order valence-electron chi connectivity index (χ4n) is 1.78. The van der Waals surface area contributed by atoms with Crippen molar-refractivity contribution in [2.45, 2.75) is 0 Å². The molecule has 4 nitrogen and oxygen atoms in total. The molecule has 0 aliphatic carbocycles. The van der Waals surface area contributed by atoms with Crippen molar-refractivity contribution in [1.82, 2.24) is 15.0 Å². The van der Waals surface area contributed by atoms with Gasteiger partial charge in [0.25, 0.3) is 0 Å². The predicted molar refractivity (Wildman–Crippen MR) is 77.0 cm³/mol. The fraction of sp³-hybridized carbons (Fsp3) is 0. The van der Waals surface area contributed by atoms with Gasteiger partial charge in [-0.1, -0.05) is 23.2 Å². The van der Waals surface area contributed by atoms with Crippen LogP contribution >= 0.6 is 23.2 Å². The second-order valence-electron chi connectivity index (χ2n) is 4.09. The Morgan fingerprint density at radius 1 is 1.05 bits per heavy atom. The maximum atomic E-state index is 14.0. The van der Waals surface area contributed by atoms with Crippen LogP contribution in [0, 0.1) is 11.8 Å². The summed E-state index contributed by atoms with van der Waals surface area (Å²) < 4.78 is 27.3.